The van der Waals surface area contributed by atoms with Gasteiger partial charge in [-0.25, -0.2) is 33.6 Å². The summed E-state index contributed by atoms with van der Waals surface area (Å²) < 4.78 is 23.8. The van der Waals surface area contributed by atoms with E-state index in [1.807, 2.05) is 0 Å². The molecule has 1 fully saturated rings. The highest BCUT2D eigenvalue weighted by molar-refractivity contribution is 6.15. The highest BCUT2D eigenvalue weighted by atomic mass is 35.5. The van der Waals surface area contributed by atoms with E-state index in [4.69, 9.17) is 29.1 Å². The number of cyclic esters (lactones) is 2. The Kier molecular flexibility index (Phi) is 25.3. The molecule has 9 heterocycles. The van der Waals surface area contributed by atoms with Crippen molar-refractivity contribution in [2.24, 2.45) is 11.5 Å². The normalized spacial score (nSPS) is 14.0. The number of esters is 2. The first kappa shape index (κ1) is 75.1. The van der Waals surface area contributed by atoms with Crippen molar-refractivity contribution >= 4 is 140 Å². The van der Waals surface area contributed by atoms with E-state index >= 15 is 0 Å². The number of ether oxygens (including phenoxy) is 1. The van der Waals surface area contributed by atoms with E-state index in [-0.39, 0.29) is 98.0 Å². The van der Waals surface area contributed by atoms with Gasteiger partial charge in [0, 0.05) is 151 Å². The van der Waals surface area contributed by atoms with Crippen LogP contribution in [0.2, 0.25) is 0 Å². The van der Waals surface area contributed by atoms with Crippen molar-refractivity contribution in [2.75, 3.05) is 13.1 Å². The van der Waals surface area contributed by atoms with Crippen molar-refractivity contribution in [2.45, 2.75) is 39.0 Å². The lowest BCUT2D eigenvalue weighted by Gasteiger charge is -2.16. The van der Waals surface area contributed by atoms with Crippen LogP contribution in [0.15, 0.2) is 183 Å². The minimum atomic E-state index is -1.02. The minimum Gasteiger partial charge on any atom is -0.508 e. The maximum Gasteiger partial charge on any atom is 0.352 e. The zero-order valence-corrected chi connectivity index (χ0v) is 52.2. The summed E-state index contributed by atoms with van der Waals surface area (Å²) in [5.74, 6) is -7.14. The summed E-state index contributed by atoms with van der Waals surface area (Å²) in [5.41, 5.74) is 12.4. The van der Waals surface area contributed by atoms with Gasteiger partial charge in [-0.05, 0) is 70.8 Å². The molecular weight excluding hydrogens is 1350 g/mol. The molecule has 9 amide bonds. The van der Waals surface area contributed by atoms with Crippen LogP contribution in [0.4, 0.5) is 0 Å². The Morgan fingerprint density at radius 1 is 0.414 bits per heavy atom. The summed E-state index contributed by atoms with van der Waals surface area (Å²) in [6.45, 7) is -0.501. The van der Waals surface area contributed by atoms with Gasteiger partial charge in [0.15, 0.2) is 0 Å². The second-order valence-corrected chi connectivity index (χ2v) is 20.2. The first-order valence-corrected chi connectivity index (χ1v) is 28.0. The summed E-state index contributed by atoms with van der Waals surface area (Å²) in [6, 6.07) is 23.0. The third-order valence-electron chi connectivity index (χ3n) is 13.5. The Hall–Kier alpha value is -13.0. The Bertz CT molecular complexity index is 4820. The van der Waals surface area contributed by atoms with E-state index in [0.717, 1.165) is 68.2 Å². The van der Waals surface area contributed by atoms with Crippen LogP contribution >= 0.6 is 24.8 Å². The predicted molar refractivity (Wildman–Crippen MR) is 343 cm³/mol. The zero-order chi connectivity index (χ0) is 70.4. The van der Waals surface area contributed by atoms with E-state index in [0.29, 0.717) is 43.0 Å². The number of nitrogens with zero attached hydrogens (tertiary/aromatic N) is 4. The predicted octanol–water partition coefficient (Wildman–Crippen LogP) is 1.87. The number of hydrogen-bond donors (Lipinski definition) is 7. The first-order chi connectivity index (χ1) is 46.2. The zero-order valence-electron chi connectivity index (χ0n) is 50.5. The summed E-state index contributed by atoms with van der Waals surface area (Å²) in [4.78, 5) is 186. The van der Waals surface area contributed by atoms with Crippen molar-refractivity contribution in [3.05, 3.63) is 210 Å². The quantitative estimate of drug-likeness (QED) is 0.0420. The molecule has 13 rings (SSSR count). The van der Waals surface area contributed by atoms with Crippen LogP contribution in [0.25, 0.3) is 43.9 Å². The number of hydrogen-bond acceptors (Lipinski definition) is 28. The molecule has 0 spiro atoms. The number of carbonyl (C=O) groups excluding carboxylic acids is 12. The number of phenolic OH excluding ortho intramolecular Hbond substituents is 4. The SMILES string of the molecule is Cl.Cl.NCc1cc(=O)oc2cc(O)ccc12.NCc1cc(=O)oc2cc(O)ccc12.O=C(CN1C(=O)C=CC1=O)NCc1cc(=O)oc2cc(O)ccc12.O=C(CN1C(=O)C=CC1=O)ON1C(=O)CCC1=O.O=C1C=CC(=O)N1Cc1cc(=O)oc2cc(O)ccc12.O=C1C=CC(=O)O1. The molecular formula is C64H51Cl2N7O26. The number of amides is 9. The number of fused-ring (bicyclic) bond motifs is 4. The molecule has 9 N–H and O–H groups in total. The molecule has 99 heavy (non-hydrogen) atoms. The largest absolute Gasteiger partial charge is 0.508 e. The Morgan fingerprint density at radius 2 is 0.727 bits per heavy atom. The molecule has 4 aromatic carbocycles. The lowest BCUT2D eigenvalue weighted by molar-refractivity contribution is -0.198. The molecule has 1 saturated heterocycles. The topological polar surface area (TPSA) is 502 Å². The number of imide groups is 4. The molecule has 4 aromatic heterocycles. The number of halogens is 2. The van der Waals surface area contributed by atoms with Gasteiger partial charge in [0.2, 0.25) is 5.91 Å². The number of aromatic hydroxyl groups is 4. The second kappa shape index (κ2) is 33.4. The van der Waals surface area contributed by atoms with E-state index in [1.54, 1.807) is 24.3 Å². The van der Waals surface area contributed by atoms with E-state index < -0.39 is 107 Å². The number of benzene rings is 4. The Labute approximate surface area is 564 Å². The third-order valence-corrected chi connectivity index (χ3v) is 13.5. The first-order valence-electron chi connectivity index (χ1n) is 28.0. The highest BCUT2D eigenvalue weighted by Crippen LogP contribution is 2.26. The van der Waals surface area contributed by atoms with E-state index in [9.17, 15) is 97.1 Å². The molecule has 0 unspecified atom stereocenters. The molecule has 0 atom stereocenters. The molecule has 0 bridgehead atoms. The maximum absolute atomic E-state index is 11.9. The fraction of sp³-hybridized carbons (Fsp3) is 0.125. The molecule has 35 heteroatoms. The van der Waals surface area contributed by atoms with Gasteiger partial charge >= 0.3 is 40.4 Å². The van der Waals surface area contributed by atoms with Crippen molar-refractivity contribution in [3.8, 4) is 23.0 Å². The van der Waals surface area contributed by atoms with E-state index in [2.05, 4.69) is 14.9 Å². The molecule has 0 saturated carbocycles. The number of nitrogens with two attached hydrogens (primary N) is 2. The lowest BCUT2D eigenvalue weighted by Crippen LogP contribution is -2.40. The number of carbonyl (C=O) groups is 12. The maximum atomic E-state index is 11.9. The monoisotopic (exact) mass is 1400 g/mol. The molecule has 8 aromatic rings. The van der Waals surface area contributed by atoms with Gasteiger partial charge in [-0.2, -0.15) is 0 Å². The third kappa shape index (κ3) is 19.6. The van der Waals surface area contributed by atoms with Crippen LogP contribution < -0.4 is 39.3 Å². The summed E-state index contributed by atoms with van der Waals surface area (Å²) in [6.07, 6.45) is 8.72. The van der Waals surface area contributed by atoms with Gasteiger partial charge in [0.1, 0.15) is 58.4 Å². The fourth-order valence-electron chi connectivity index (χ4n) is 9.03. The molecule has 0 radical (unpaired) electrons. The van der Waals surface area contributed by atoms with Gasteiger partial charge in [0.05, 0.1) is 6.54 Å². The summed E-state index contributed by atoms with van der Waals surface area (Å²) in [7, 11) is 0. The lowest BCUT2D eigenvalue weighted by atomic mass is 10.1. The van der Waals surface area contributed by atoms with Crippen molar-refractivity contribution in [1.29, 1.82) is 0 Å². The number of nitrogens with one attached hydrogen (secondary N) is 1. The van der Waals surface area contributed by atoms with Gasteiger partial charge in [0.25, 0.3) is 47.3 Å². The van der Waals surface area contributed by atoms with Gasteiger partial charge < -0.3 is 64.5 Å². The van der Waals surface area contributed by atoms with Gasteiger partial charge in [-0.1, -0.05) is 0 Å². The molecule has 5 aliphatic rings. The van der Waals surface area contributed by atoms with E-state index in [1.165, 1.54) is 84.9 Å². The minimum absolute atomic E-state index is 0. The molecule has 33 nitrogen and oxygen atoms in total. The number of rotatable bonds is 11. The van der Waals surface area contributed by atoms with Crippen molar-refractivity contribution in [3.63, 3.8) is 0 Å². The van der Waals surface area contributed by atoms with Crippen LogP contribution in [0.3, 0.4) is 0 Å². The highest BCUT2D eigenvalue weighted by Gasteiger charge is 2.35. The average molecular weight is 1410 g/mol. The van der Waals surface area contributed by atoms with Gasteiger partial charge in [-0.3, -0.25) is 57.9 Å². The summed E-state index contributed by atoms with van der Waals surface area (Å²) >= 11 is 0. The smallest absolute Gasteiger partial charge is 0.352 e. The molecule has 5 aliphatic heterocycles. The van der Waals surface area contributed by atoms with Gasteiger partial charge in [-0.15, -0.1) is 29.9 Å². The fourth-order valence-corrected chi connectivity index (χ4v) is 9.03. The molecule has 0 aliphatic carbocycles. The van der Waals surface area contributed by atoms with Crippen LogP contribution in [0.1, 0.15) is 35.1 Å². The van der Waals surface area contributed by atoms with Crippen LogP contribution in [-0.2, 0) is 93.3 Å². The summed E-state index contributed by atoms with van der Waals surface area (Å²) in [5, 5.41) is 42.7. The standard InChI is InChI=1S/C16H12N2O6.C14H9NO5.C10H8N2O6.2C10H9NO3.C4H2O3.2ClH/c19-10-1-2-11-9(5-16(23)24-12(11)6-10)7-17-13(20)8-18-14(21)3-4-15(18)22;16-9-1-2-10-8(5-14(19)20-11(10)6-9)7-15-12(17)3-4-13(15)18;13-6-1-2-7(14)11(6)5-10(17)18-12-8(15)3-4-9(12)16;2*11-5-6-3-10(13)14-9-4-7(12)1-2-8(6)9;5-3-1-2-4(6)7-3;;/h1-6,19H,7-8H2,(H,17,20);1-6,16H,7H2;1-2H,3-5H2;2*1-4,12H,5,11H2;1-2H;2*1H. The van der Waals surface area contributed by atoms with Crippen molar-refractivity contribution < 1.29 is 105 Å². The average Bonchev–Trinajstić information content (AvgIpc) is 1.84. The van der Waals surface area contributed by atoms with Crippen LogP contribution in [0.5, 0.6) is 23.0 Å². The Balaban J connectivity index is 0.000000191. The molecule has 512 valence electrons. The van der Waals surface area contributed by atoms with Crippen LogP contribution in [-0.4, -0.2) is 124 Å². The van der Waals surface area contributed by atoms with Crippen LogP contribution in [0, 0.1) is 0 Å². The Morgan fingerprint density at radius 3 is 1.07 bits per heavy atom. The number of phenols is 4. The number of hydroxylamine groups is 2. The van der Waals surface area contributed by atoms with Crippen molar-refractivity contribution in [1.82, 2.24) is 25.1 Å². The second-order valence-electron chi connectivity index (χ2n) is 20.2.